The fourth-order valence-corrected chi connectivity index (χ4v) is 3.26. The molecular weight excluding hydrogens is 388 g/mol. The van der Waals surface area contributed by atoms with Crippen molar-refractivity contribution >= 4 is 35.4 Å². The van der Waals surface area contributed by atoms with Gasteiger partial charge in [0.2, 0.25) is 11.8 Å². The Bertz CT molecular complexity index is 841. The number of carbonyl (C=O) groups excluding carboxylic acids is 4. The van der Waals surface area contributed by atoms with Gasteiger partial charge in [0.05, 0.1) is 5.92 Å². The molecule has 2 aliphatic rings. The molecule has 3 rings (SSSR count). The molecule has 0 bridgehead atoms. The van der Waals surface area contributed by atoms with Gasteiger partial charge in [0.1, 0.15) is 17.9 Å². The summed E-state index contributed by atoms with van der Waals surface area (Å²) < 4.78 is 5.56. The minimum atomic E-state index is -0.984. The average Bonchev–Trinajstić information content (AvgIpc) is 2.84. The number of fused-ring (bicyclic) bond motifs is 1. The van der Waals surface area contributed by atoms with E-state index in [4.69, 9.17) is 16.3 Å². The van der Waals surface area contributed by atoms with Crippen LogP contribution in [0.15, 0.2) is 18.2 Å². The number of hydrogen-bond acceptors (Lipinski definition) is 5. The van der Waals surface area contributed by atoms with Gasteiger partial charge in [-0.3, -0.25) is 30.1 Å². The summed E-state index contributed by atoms with van der Waals surface area (Å²) in [5.41, 5.74) is 4.50. The van der Waals surface area contributed by atoms with Crippen molar-refractivity contribution < 1.29 is 23.9 Å². The van der Waals surface area contributed by atoms with E-state index in [1.807, 2.05) is 0 Å². The van der Waals surface area contributed by atoms with Crippen molar-refractivity contribution in [3.05, 3.63) is 28.8 Å². The maximum Gasteiger partial charge on any atom is 0.325 e. The Morgan fingerprint density at radius 1 is 1.32 bits per heavy atom. The van der Waals surface area contributed by atoms with Crippen molar-refractivity contribution in [3.63, 3.8) is 0 Å². The summed E-state index contributed by atoms with van der Waals surface area (Å²) >= 11 is 5.96. The number of imide groups is 1. The molecule has 3 N–H and O–H groups in total. The lowest BCUT2D eigenvalue weighted by Gasteiger charge is -2.24. The maximum atomic E-state index is 12.3. The Hall–Kier alpha value is -2.81. The van der Waals surface area contributed by atoms with Crippen LogP contribution < -0.4 is 20.9 Å². The van der Waals surface area contributed by atoms with Gasteiger partial charge in [-0.1, -0.05) is 11.6 Å². The van der Waals surface area contributed by atoms with Crippen LogP contribution in [0.5, 0.6) is 5.75 Å². The van der Waals surface area contributed by atoms with E-state index in [-0.39, 0.29) is 19.6 Å². The van der Waals surface area contributed by atoms with E-state index in [1.54, 1.807) is 32.0 Å². The summed E-state index contributed by atoms with van der Waals surface area (Å²) in [4.78, 5) is 49.1. The minimum Gasteiger partial charge on any atom is -0.492 e. The lowest BCUT2D eigenvalue weighted by molar-refractivity contribution is -0.133. The van der Waals surface area contributed by atoms with E-state index in [2.05, 4.69) is 16.2 Å². The predicted molar refractivity (Wildman–Crippen MR) is 99.4 cm³/mol. The van der Waals surface area contributed by atoms with Gasteiger partial charge in [-0.2, -0.15) is 0 Å². The molecule has 0 saturated carbocycles. The number of hydrazine groups is 1. The number of nitrogens with zero attached hydrogens (tertiary/aromatic N) is 1. The number of hydrogen-bond donors (Lipinski definition) is 3. The quantitative estimate of drug-likeness (QED) is 0.502. The van der Waals surface area contributed by atoms with E-state index in [1.165, 1.54) is 0 Å². The van der Waals surface area contributed by atoms with Crippen molar-refractivity contribution in [1.29, 1.82) is 0 Å². The van der Waals surface area contributed by atoms with Crippen molar-refractivity contribution in [1.82, 2.24) is 21.1 Å². The number of rotatable bonds is 4. The van der Waals surface area contributed by atoms with Gasteiger partial charge in [-0.25, -0.2) is 4.79 Å². The van der Waals surface area contributed by atoms with Gasteiger partial charge in [-0.15, -0.1) is 0 Å². The van der Waals surface area contributed by atoms with Crippen molar-refractivity contribution in [2.45, 2.75) is 32.2 Å². The third-order valence-electron chi connectivity index (χ3n) is 4.63. The van der Waals surface area contributed by atoms with Crippen LogP contribution in [-0.4, -0.2) is 47.3 Å². The van der Waals surface area contributed by atoms with Crippen LogP contribution >= 0.6 is 11.6 Å². The van der Waals surface area contributed by atoms with E-state index in [0.29, 0.717) is 17.2 Å². The van der Waals surface area contributed by atoms with Gasteiger partial charge in [0.15, 0.2) is 0 Å². The van der Waals surface area contributed by atoms with Crippen molar-refractivity contribution in [3.8, 4) is 5.75 Å². The highest BCUT2D eigenvalue weighted by Crippen LogP contribution is 2.29. The molecule has 1 aromatic carbocycles. The summed E-state index contributed by atoms with van der Waals surface area (Å²) in [5, 5.41) is 3.09. The molecular formula is C18H21ClN4O5. The molecule has 0 aliphatic carbocycles. The lowest BCUT2D eigenvalue weighted by atomic mass is 9.96. The van der Waals surface area contributed by atoms with Gasteiger partial charge >= 0.3 is 6.03 Å². The number of nitrogens with one attached hydrogen (secondary N) is 3. The number of halogens is 1. The number of amides is 5. The Kier molecular flexibility index (Phi) is 5.46. The summed E-state index contributed by atoms with van der Waals surface area (Å²) in [7, 11) is 0. The van der Waals surface area contributed by atoms with E-state index < -0.39 is 35.2 Å². The van der Waals surface area contributed by atoms with Crippen LogP contribution in [0.3, 0.4) is 0 Å². The third kappa shape index (κ3) is 4.19. The van der Waals surface area contributed by atoms with Crippen molar-refractivity contribution in [2.24, 2.45) is 5.92 Å². The number of ether oxygens (including phenoxy) is 1. The molecule has 9 nitrogen and oxygen atoms in total. The first-order chi connectivity index (χ1) is 13.2. The first-order valence-electron chi connectivity index (χ1n) is 8.81. The second kappa shape index (κ2) is 7.67. The number of urea groups is 1. The molecule has 0 spiro atoms. The predicted octanol–water partition coefficient (Wildman–Crippen LogP) is 0.759. The zero-order chi connectivity index (χ0) is 20.5. The first-order valence-corrected chi connectivity index (χ1v) is 9.19. The van der Waals surface area contributed by atoms with Gasteiger partial charge < -0.3 is 10.1 Å². The van der Waals surface area contributed by atoms with Crippen LogP contribution in [0.2, 0.25) is 5.02 Å². The molecule has 1 saturated heterocycles. The van der Waals surface area contributed by atoms with Crippen molar-refractivity contribution in [2.75, 3.05) is 13.2 Å². The van der Waals surface area contributed by atoms with Crippen LogP contribution in [0.4, 0.5) is 4.79 Å². The Balaban J connectivity index is 1.45. The van der Waals surface area contributed by atoms with E-state index >= 15 is 0 Å². The summed E-state index contributed by atoms with van der Waals surface area (Å²) in [6.07, 6.45) is 0.310. The Morgan fingerprint density at radius 3 is 2.75 bits per heavy atom. The summed E-state index contributed by atoms with van der Waals surface area (Å²) in [5.74, 6) is -1.09. The molecule has 1 aromatic rings. The molecule has 1 atom stereocenters. The average molecular weight is 409 g/mol. The first kappa shape index (κ1) is 19.9. The van der Waals surface area contributed by atoms with Crippen LogP contribution in [-0.2, 0) is 20.8 Å². The zero-order valence-corrected chi connectivity index (χ0v) is 16.3. The third-order valence-corrected chi connectivity index (χ3v) is 4.87. The van der Waals surface area contributed by atoms with Gasteiger partial charge in [0.25, 0.3) is 5.91 Å². The summed E-state index contributed by atoms with van der Waals surface area (Å²) in [6, 6.07) is 4.68. The molecule has 2 aliphatic heterocycles. The molecule has 2 heterocycles. The number of benzene rings is 1. The van der Waals surface area contributed by atoms with Gasteiger partial charge in [-0.05, 0) is 44.0 Å². The highest BCUT2D eigenvalue weighted by molar-refractivity contribution is 6.30. The van der Waals surface area contributed by atoms with Crippen LogP contribution in [0.25, 0.3) is 0 Å². The largest absolute Gasteiger partial charge is 0.492 e. The molecule has 0 unspecified atom stereocenters. The molecule has 5 amide bonds. The highest BCUT2D eigenvalue weighted by Gasteiger charge is 2.44. The molecule has 1 fully saturated rings. The highest BCUT2D eigenvalue weighted by atomic mass is 35.5. The molecule has 28 heavy (non-hydrogen) atoms. The van der Waals surface area contributed by atoms with E-state index in [0.717, 1.165) is 10.5 Å². The maximum absolute atomic E-state index is 12.3. The number of carbonyl (C=O) groups is 4. The standard InChI is InChI=1S/C18H21ClN4O5/c1-18(2)16(26)23(17(27)20-18)6-5-14(24)21-22-15(25)11-7-10-8-12(19)3-4-13(10)28-9-11/h3-4,8,11H,5-7,9H2,1-2H3,(H,20,27)(H,21,24)(H,22,25)/t11-/m1/s1. The SMILES string of the molecule is CC1(C)NC(=O)N(CCC(=O)NNC(=O)[C@H]2COc3ccc(Cl)cc3C2)C1=O. The second-order valence-electron chi connectivity index (χ2n) is 7.26. The minimum absolute atomic E-state index is 0.0752. The zero-order valence-electron chi connectivity index (χ0n) is 15.5. The topological polar surface area (TPSA) is 117 Å². The smallest absolute Gasteiger partial charge is 0.325 e. The Labute approximate surface area is 166 Å². The van der Waals surface area contributed by atoms with E-state index in [9.17, 15) is 19.2 Å². The van der Waals surface area contributed by atoms with Crippen LogP contribution in [0.1, 0.15) is 25.8 Å². The van der Waals surface area contributed by atoms with Crippen LogP contribution in [0, 0.1) is 5.92 Å². The van der Waals surface area contributed by atoms with Gasteiger partial charge in [0, 0.05) is 18.0 Å². The fraction of sp³-hybridized carbons (Fsp3) is 0.444. The monoisotopic (exact) mass is 408 g/mol. The fourth-order valence-electron chi connectivity index (χ4n) is 3.06. The lowest BCUT2D eigenvalue weighted by Crippen LogP contribution is -2.48. The second-order valence-corrected chi connectivity index (χ2v) is 7.70. The normalized spacial score (nSPS) is 20.1. The molecule has 0 radical (unpaired) electrons. The summed E-state index contributed by atoms with van der Waals surface area (Å²) in [6.45, 7) is 3.29. The molecule has 150 valence electrons. The molecule has 0 aromatic heterocycles. The molecule has 10 heteroatoms. The Morgan fingerprint density at radius 2 is 2.07 bits per heavy atom.